The fraction of sp³-hybridized carbons (Fsp3) is 0.556. The molecular weight excluding hydrogens is 348 g/mol. The van der Waals surface area contributed by atoms with Crippen molar-refractivity contribution in [1.29, 1.82) is 0 Å². The predicted molar refractivity (Wildman–Crippen MR) is 105 cm³/mol. The summed E-state index contributed by atoms with van der Waals surface area (Å²) in [5.74, 6) is 3.88. The maximum Gasteiger partial charge on any atom is 0.266 e. The van der Waals surface area contributed by atoms with Crippen LogP contribution in [-0.4, -0.2) is 44.9 Å². The third-order valence-electron chi connectivity index (χ3n) is 5.09. The number of aryl methyl sites for hydroxylation is 2. The van der Waals surface area contributed by atoms with E-state index in [-0.39, 0.29) is 5.56 Å². The zero-order valence-electron chi connectivity index (χ0n) is 15.0. The summed E-state index contributed by atoms with van der Waals surface area (Å²) < 4.78 is 1.40. The van der Waals surface area contributed by atoms with E-state index in [9.17, 15) is 4.79 Å². The summed E-state index contributed by atoms with van der Waals surface area (Å²) in [6, 6.07) is 5.90. The highest BCUT2D eigenvalue weighted by molar-refractivity contribution is 7.98. The second kappa shape index (κ2) is 7.65. The van der Waals surface area contributed by atoms with E-state index in [1.807, 2.05) is 17.8 Å². The zero-order chi connectivity index (χ0) is 17.9. The minimum Gasteiger partial charge on any atom is -0.367 e. The van der Waals surface area contributed by atoms with Gasteiger partial charge in [0.2, 0.25) is 0 Å². The van der Waals surface area contributed by atoms with Gasteiger partial charge in [0.05, 0.1) is 5.69 Å². The summed E-state index contributed by atoms with van der Waals surface area (Å²) in [7, 11) is 1.70. The van der Waals surface area contributed by atoms with Crippen molar-refractivity contribution in [3.63, 3.8) is 0 Å². The van der Waals surface area contributed by atoms with Gasteiger partial charge in [0.25, 0.3) is 5.56 Å². The lowest BCUT2D eigenvalue weighted by Gasteiger charge is -2.36. The number of piperidine rings is 1. The Hall–Kier alpha value is -2.09. The van der Waals surface area contributed by atoms with Crippen LogP contribution in [-0.2, 0) is 19.2 Å². The highest BCUT2D eigenvalue weighted by Gasteiger charge is 2.24. The summed E-state index contributed by atoms with van der Waals surface area (Å²) in [5, 5.41) is 16.6. The van der Waals surface area contributed by atoms with Crippen LogP contribution in [0.15, 0.2) is 23.0 Å². The summed E-state index contributed by atoms with van der Waals surface area (Å²) in [4.78, 5) is 13.9. The molecule has 2 aromatic heterocycles. The van der Waals surface area contributed by atoms with Crippen molar-refractivity contribution in [3.05, 3.63) is 39.8 Å². The molecule has 0 radical (unpaired) electrons. The Kier molecular flexibility index (Phi) is 5.10. The van der Waals surface area contributed by atoms with Gasteiger partial charge in [0.15, 0.2) is 0 Å². The van der Waals surface area contributed by atoms with E-state index in [1.54, 1.807) is 13.1 Å². The molecule has 4 rings (SSSR count). The highest BCUT2D eigenvalue weighted by Crippen LogP contribution is 2.25. The van der Waals surface area contributed by atoms with Gasteiger partial charge in [-0.15, -0.1) is 5.10 Å². The maximum absolute atomic E-state index is 11.6. The minimum atomic E-state index is -0.0809. The Labute approximate surface area is 157 Å². The number of thioether (sulfide) groups is 1. The molecule has 0 bridgehead atoms. The molecule has 7 nitrogen and oxygen atoms in total. The third-order valence-corrected chi connectivity index (χ3v) is 6.10. The van der Waals surface area contributed by atoms with Crippen LogP contribution in [0.25, 0.3) is 0 Å². The summed E-state index contributed by atoms with van der Waals surface area (Å²) in [6.07, 6.45) is 4.48. The molecule has 1 atom stereocenters. The Balaban J connectivity index is 1.47. The number of rotatable bonds is 4. The van der Waals surface area contributed by atoms with E-state index in [4.69, 9.17) is 0 Å². The summed E-state index contributed by atoms with van der Waals surface area (Å²) >= 11 is 1.95. The average molecular weight is 372 g/mol. The van der Waals surface area contributed by atoms with Gasteiger partial charge in [0, 0.05) is 44.4 Å². The molecule has 2 aliphatic rings. The predicted octanol–water partition coefficient (Wildman–Crippen LogP) is 1.83. The van der Waals surface area contributed by atoms with Crippen LogP contribution >= 0.6 is 11.8 Å². The first-order valence-corrected chi connectivity index (χ1v) is 10.3. The molecule has 1 fully saturated rings. The highest BCUT2D eigenvalue weighted by atomic mass is 32.2. The first-order chi connectivity index (χ1) is 12.7. The molecule has 138 valence electrons. The Morgan fingerprint density at radius 2 is 2.23 bits per heavy atom. The van der Waals surface area contributed by atoms with Crippen LogP contribution in [0.3, 0.4) is 0 Å². The molecule has 1 unspecified atom stereocenters. The summed E-state index contributed by atoms with van der Waals surface area (Å²) in [5.41, 5.74) is 2.37. The lowest BCUT2D eigenvalue weighted by Crippen LogP contribution is -2.45. The summed E-state index contributed by atoms with van der Waals surface area (Å²) in [6.45, 7) is 1.76. The molecule has 26 heavy (non-hydrogen) atoms. The van der Waals surface area contributed by atoms with Gasteiger partial charge >= 0.3 is 0 Å². The SMILES string of the molecule is Cn1nc(N2CCCCC2CNc2cc3c(nn2)CCSC3)ccc1=O. The van der Waals surface area contributed by atoms with Crippen LogP contribution in [0, 0.1) is 0 Å². The molecule has 0 spiro atoms. The fourth-order valence-corrected chi connectivity index (χ4v) is 4.56. The first kappa shape index (κ1) is 17.3. The molecule has 0 amide bonds. The van der Waals surface area contributed by atoms with E-state index in [0.717, 1.165) is 61.2 Å². The minimum absolute atomic E-state index is 0.0809. The molecule has 4 heterocycles. The van der Waals surface area contributed by atoms with E-state index in [1.165, 1.54) is 16.7 Å². The number of aromatic nitrogens is 4. The van der Waals surface area contributed by atoms with E-state index >= 15 is 0 Å². The maximum atomic E-state index is 11.6. The number of anilines is 2. The van der Waals surface area contributed by atoms with Crippen molar-refractivity contribution in [3.8, 4) is 0 Å². The third kappa shape index (κ3) is 3.70. The van der Waals surface area contributed by atoms with Crippen molar-refractivity contribution >= 4 is 23.4 Å². The number of hydrogen-bond acceptors (Lipinski definition) is 7. The fourth-order valence-electron chi connectivity index (χ4n) is 3.61. The monoisotopic (exact) mass is 372 g/mol. The number of hydrogen-bond donors (Lipinski definition) is 1. The lowest BCUT2D eigenvalue weighted by atomic mass is 10.0. The molecule has 0 aromatic carbocycles. The van der Waals surface area contributed by atoms with E-state index in [2.05, 4.69) is 31.6 Å². The topological polar surface area (TPSA) is 75.9 Å². The van der Waals surface area contributed by atoms with Gasteiger partial charge in [-0.25, -0.2) is 4.68 Å². The second-order valence-electron chi connectivity index (χ2n) is 6.88. The van der Waals surface area contributed by atoms with Gasteiger partial charge in [0.1, 0.15) is 11.6 Å². The Morgan fingerprint density at radius 1 is 1.31 bits per heavy atom. The van der Waals surface area contributed by atoms with Gasteiger partial charge in [-0.3, -0.25) is 4.79 Å². The van der Waals surface area contributed by atoms with Crippen molar-refractivity contribution < 1.29 is 0 Å². The second-order valence-corrected chi connectivity index (χ2v) is 7.99. The Bertz CT molecular complexity index is 839. The molecule has 0 aliphatic carbocycles. The molecule has 2 aromatic rings. The van der Waals surface area contributed by atoms with Crippen molar-refractivity contribution in [1.82, 2.24) is 20.0 Å². The Morgan fingerprint density at radius 3 is 3.12 bits per heavy atom. The van der Waals surface area contributed by atoms with Crippen molar-refractivity contribution in [2.45, 2.75) is 37.5 Å². The van der Waals surface area contributed by atoms with Crippen LogP contribution in [0.4, 0.5) is 11.6 Å². The molecular formula is C18H24N6OS. The largest absolute Gasteiger partial charge is 0.367 e. The van der Waals surface area contributed by atoms with Crippen molar-refractivity contribution in [2.75, 3.05) is 29.1 Å². The standard InChI is InChI=1S/C18H24N6OS/c1-23-18(25)6-5-17(22-23)24-8-3-2-4-14(24)11-19-16-10-13-12-26-9-7-15(13)20-21-16/h5-6,10,14H,2-4,7-9,11-12H2,1H3,(H,19,21). The normalized spacial score (nSPS) is 19.9. The average Bonchev–Trinajstić information content (AvgIpc) is 2.68. The lowest BCUT2D eigenvalue weighted by molar-refractivity contribution is 0.464. The number of nitrogens with one attached hydrogen (secondary N) is 1. The van der Waals surface area contributed by atoms with Crippen LogP contribution < -0.4 is 15.8 Å². The van der Waals surface area contributed by atoms with Crippen LogP contribution in [0.5, 0.6) is 0 Å². The van der Waals surface area contributed by atoms with Gasteiger partial charge in [-0.2, -0.15) is 22.0 Å². The molecule has 0 saturated carbocycles. The molecule has 1 N–H and O–H groups in total. The van der Waals surface area contributed by atoms with E-state index in [0.29, 0.717) is 6.04 Å². The quantitative estimate of drug-likeness (QED) is 0.877. The molecule has 1 saturated heterocycles. The van der Waals surface area contributed by atoms with E-state index < -0.39 is 0 Å². The van der Waals surface area contributed by atoms with Gasteiger partial charge in [-0.05, 0) is 42.7 Å². The molecule has 8 heteroatoms. The van der Waals surface area contributed by atoms with Crippen molar-refractivity contribution in [2.24, 2.45) is 7.05 Å². The number of fused-ring (bicyclic) bond motifs is 1. The first-order valence-electron chi connectivity index (χ1n) is 9.19. The van der Waals surface area contributed by atoms with Gasteiger partial charge in [-0.1, -0.05) is 0 Å². The number of nitrogens with zero attached hydrogens (tertiary/aromatic N) is 5. The van der Waals surface area contributed by atoms with Crippen LogP contribution in [0.2, 0.25) is 0 Å². The van der Waals surface area contributed by atoms with Crippen LogP contribution in [0.1, 0.15) is 30.5 Å². The van der Waals surface area contributed by atoms with Gasteiger partial charge < -0.3 is 10.2 Å². The smallest absolute Gasteiger partial charge is 0.266 e. The zero-order valence-corrected chi connectivity index (χ0v) is 15.8. The molecule has 2 aliphatic heterocycles.